The van der Waals surface area contributed by atoms with Crippen molar-refractivity contribution in [3.05, 3.63) is 29.0 Å². The minimum atomic E-state index is -0.263. The molecular weight excluding hydrogens is 337 g/mol. The number of aromatic nitrogens is 3. The first-order chi connectivity index (χ1) is 11.1. The first-order valence-corrected chi connectivity index (χ1v) is 8.64. The van der Waals surface area contributed by atoms with Crippen molar-refractivity contribution < 1.29 is 9.18 Å². The minimum absolute atomic E-state index is 0.0513. The molecule has 6 nitrogen and oxygen atoms in total. The predicted octanol–water partition coefficient (Wildman–Crippen LogP) is 2.67. The zero-order chi connectivity index (χ0) is 16.0. The van der Waals surface area contributed by atoms with Crippen LogP contribution in [0.5, 0.6) is 0 Å². The lowest BCUT2D eigenvalue weighted by Crippen LogP contribution is -2.52. The molecule has 0 bridgehead atoms. The normalized spacial score (nSPS) is 15.0. The summed E-state index contributed by atoms with van der Waals surface area (Å²) in [6, 6.07) is 4.56. The molecule has 1 aliphatic heterocycles. The van der Waals surface area contributed by atoms with Crippen LogP contribution in [0, 0.1) is 18.7 Å². The standard InChI is InChI=1S/C14H12FN5OS2/c1-7-18-19-13(22-7)17-12(21)8-5-20(6-8)14-16-10-3-2-9(15)4-11(10)23-14/h2-4,8H,5-6H2,1H3,(H,17,19,21). The molecule has 1 aliphatic rings. The van der Waals surface area contributed by atoms with Gasteiger partial charge in [-0.2, -0.15) is 0 Å². The van der Waals surface area contributed by atoms with Gasteiger partial charge in [-0.25, -0.2) is 9.37 Å². The van der Waals surface area contributed by atoms with E-state index in [-0.39, 0.29) is 17.6 Å². The number of thiazole rings is 1. The molecule has 3 aromatic rings. The Hall–Kier alpha value is -2.13. The maximum Gasteiger partial charge on any atom is 0.232 e. The molecule has 118 valence electrons. The Kier molecular flexibility index (Phi) is 3.46. The maximum atomic E-state index is 13.2. The average Bonchev–Trinajstić information content (AvgIpc) is 3.03. The fraction of sp³-hybridized carbons (Fsp3) is 0.286. The van der Waals surface area contributed by atoms with E-state index in [4.69, 9.17) is 0 Å². The van der Waals surface area contributed by atoms with E-state index in [1.54, 1.807) is 6.07 Å². The van der Waals surface area contributed by atoms with Crippen LogP contribution >= 0.6 is 22.7 Å². The van der Waals surface area contributed by atoms with Crippen molar-refractivity contribution in [2.45, 2.75) is 6.92 Å². The van der Waals surface area contributed by atoms with Crippen molar-refractivity contribution in [2.24, 2.45) is 5.92 Å². The van der Waals surface area contributed by atoms with E-state index in [9.17, 15) is 9.18 Å². The largest absolute Gasteiger partial charge is 0.346 e. The summed E-state index contributed by atoms with van der Waals surface area (Å²) in [4.78, 5) is 18.6. The van der Waals surface area contributed by atoms with Gasteiger partial charge in [-0.1, -0.05) is 22.7 Å². The van der Waals surface area contributed by atoms with Gasteiger partial charge in [0, 0.05) is 13.1 Å². The molecule has 0 spiro atoms. The Morgan fingerprint density at radius 3 is 2.91 bits per heavy atom. The van der Waals surface area contributed by atoms with Crippen LogP contribution in [0.1, 0.15) is 5.01 Å². The predicted molar refractivity (Wildman–Crippen MR) is 88.6 cm³/mol. The van der Waals surface area contributed by atoms with Crippen molar-refractivity contribution >= 4 is 49.1 Å². The average molecular weight is 349 g/mol. The van der Waals surface area contributed by atoms with Crippen LogP contribution in [0.15, 0.2) is 18.2 Å². The van der Waals surface area contributed by atoms with Crippen molar-refractivity contribution in [1.29, 1.82) is 0 Å². The number of halogens is 1. The Morgan fingerprint density at radius 1 is 1.35 bits per heavy atom. The number of carbonyl (C=O) groups is 1. The van der Waals surface area contributed by atoms with Crippen LogP contribution in [-0.4, -0.2) is 34.2 Å². The quantitative estimate of drug-likeness (QED) is 0.787. The molecule has 0 unspecified atom stereocenters. The molecule has 0 radical (unpaired) electrons. The summed E-state index contributed by atoms with van der Waals surface area (Å²) in [5, 5.41) is 12.7. The molecule has 1 saturated heterocycles. The molecular formula is C14H12FN5OS2. The zero-order valence-corrected chi connectivity index (χ0v) is 13.7. The molecule has 23 heavy (non-hydrogen) atoms. The van der Waals surface area contributed by atoms with E-state index in [0.29, 0.717) is 18.2 Å². The SMILES string of the molecule is Cc1nnc(NC(=O)C2CN(c3nc4ccc(F)cc4s3)C2)s1. The summed E-state index contributed by atoms with van der Waals surface area (Å²) in [5.41, 5.74) is 0.781. The van der Waals surface area contributed by atoms with Gasteiger partial charge in [0.05, 0.1) is 16.1 Å². The van der Waals surface area contributed by atoms with E-state index < -0.39 is 0 Å². The van der Waals surface area contributed by atoms with Crippen LogP contribution in [0.4, 0.5) is 14.7 Å². The number of nitrogens with zero attached hydrogens (tertiary/aromatic N) is 4. The van der Waals surface area contributed by atoms with Gasteiger partial charge < -0.3 is 10.2 Å². The molecule has 3 heterocycles. The van der Waals surface area contributed by atoms with E-state index >= 15 is 0 Å². The zero-order valence-electron chi connectivity index (χ0n) is 12.1. The summed E-state index contributed by atoms with van der Waals surface area (Å²) in [7, 11) is 0. The van der Waals surface area contributed by atoms with Crippen LogP contribution in [0.2, 0.25) is 0 Å². The third-order valence-electron chi connectivity index (χ3n) is 3.62. The van der Waals surface area contributed by atoms with Crippen LogP contribution in [0.3, 0.4) is 0 Å². The van der Waals surface area contributed by atoms with Gasteiger partial charge in [0.15, 0.2) is 5.13 Å². The Bertz CT molecular complexity index is 886. The van der Waals surface area contributed by atoms with Gasteiger partial charge >= 0.3 is 0 Å². The number of anilines is 2. The summed E-state index contributed by atoms with van der Waals surface area (Å²) >= 11 is 2.80. The second kappa shape index (κ2) is 5.50. The van der Waals surface area contributed by atoms with Gasteiger partial charge in [-0.05, 0) is 25.1 Å². The minimum Gasteiger partial charge on any atom is -0.346 e. The summed E-state index contributed by atoms with van der Waals surface area (Å²) in [6.07, 6.45) is 0. The molecule has 1 N–H and O–H groups in total. The fourth-order valence-electron chi connectivity index (χ4n) is 2.38. The molecule has 2 aromatic heterocycles. The van der Waals surface area contributed by atoms with Crippen LogP contribution in [-0.2, 0) is 4.79 Å². The molecule has 1 aromatic carbocycles. The van der Waals surface area contributed by atoms with Gasteiger partial charge in [-0.3, -0.25) is 4.79 Å². The molecule has 1 amide bonds. The van der Waals surface area contributed by atoms with Crippen molar-refractivity contribution in [2.75, 3.05) is 23.3 Å². The van der Waals surface area contributed by atoms with Crippen molar-refractivity contribution in [3.8, 4) is 0 Å². The van der Waals surface area contributed by atoms with Crippen molar-refractivity contribution in [3.63, 3.8) is 0 Å². The van der Waals surface area contributed by atoms with E-state index in [2.05, 4.69) is 20.5 Å². The second-order valence-corrected chi connectivity index (χ2v) is 7.52. The fourth-order valence-corrected chi connectivity index (χ4v) is 3.98. The number of rotatable bonds is 3. The number of nitrogens with one attached hydrogen (secondary N) is 1. The number of hydrogen-bond donors (Lipinski definition) is 1. The summed E-state index contributed by atoms with van der Waals surface area (Å²) in [6.45, 7) is 3.05. The molecule has 1 fully saturated rings. The highest BCUT2D eigenvalue weighted by Crippen LogP contribution is 2.33. The summed E-state index contributed by atoms with van der Waals surface area (Å²) < 4.78 is 14.0. The van der Waals surface area contributed by atoms with Crippen LogP contribution in [0.25, 0.3) is 10.2 Å². The Balaban J connectivity index is 1.41. The number of carbonyl (C=O) groups excluding carboxylic acids is 1. The highest BCUT2D eigenvalue weighted by atomic mass is 32.1. The monoisotopic (exact) mass is 349 g/mol. The molecule has 0 atom stereocenters. The Labute approximate surface area is 139 Å². The van der Waals surface area contributed by atoms with Gasteiger partial charge in [-0.15, -0.1) is 10.2 Å². The smallest absolute Gasteiger partial charge is 0.232 e. The first-order valence-electron chi connectivity index (χ1n) is 7.00. The first kappa shape index (κ1) is 14.5. The highest BCUT2D eigenvalue weighted by molar-refractivity contribution is 7.22. The van der Waals surface area contributed by atoms with Gasteiger partial charge in [0.25, 0.3) is 0 Å². The number of hydrogen-bond acceptors (Lipinski definition) is 7. The van der Waals surface area contributed by atoms with Crippen molar-refractivity contribution in [1.82, 2.24) is 15.2 Å². The lowest BCUT2D eigenvalue weighted by Gasteiger charge is -2.37. The molecule has 4 rings (SSSR count). The molecule has 0 saturated carbocycles. The van der Waals surface area contributed by atoms with Gasteiger partial charge in [0.1, 0.15) is 10.8 Å². The van der Waals surface area contributed by atoms with E-state index in [1.807, 2.05) is 11.8 Å². The Morgan fingerprint density at radius 2 is 2.17 bits per heavy atom. The molecule has 0 aliphatic carbocycles. The number of benzene rings is 1. The van der Waals surface area contributed by atoms with E-state index in [0.717, 1.165) is 20.4 Å². The second-order valence-electron chi connectivity index (χ2n) is 5.33. The third-order valence-corrected chi connectivity index (χ3v) is 5.45. The maximum absolute atomic E-state index is 13.2. The number of amides is 1. The highest BCUT2D eigenvalue weighted by Gasteiger charge is 2.34. The lowest BCUT2D eigenvalue weighted by atomic mass is 10.0. The topological polar surface area (TPSA) is 71.0 Å². The number of fused-ring (bicyclic) bond motifs is 1. The number of aryl methyl sites for hydroxylation is 1. The van der Waals surface area contributed by atoms with Gasteiger partial charge in [0.2, 0.25) is 11.0 Å². The summed E-state index contributed by atoms with van der Waals surface area (Å²) in [5.74, 6) is -0.409. The lowest BCUT2D eigenvalue weighted by molar-refractivity contribution is -0.120. The molecule has 9 heteroatoms. The van der Waals surface area contributed by atoms with E-state index in [1.165, 1.54) is 34.8 Å². The van der Waals surface area contributed by atoms with Crippen LogP contribution < -0.4 is 10.2 Å². The third kappa shape index (κ3) is 2.77.